The monoisotopic (exact) mass is 338 g/mol. The van der Waals surface area contributed by atoms with E-state index in [1.54, 1.807) is 13.1 Å². The van der Waals surface area contributed by atoms with E-state index in [0.717, 1.165) is 23.0 Å². The minimum atomic E-state index is -4.60. The second kappa shape index (κ2) is 5.75. The highest BCUT2D eigenvalue weighted by Crippen LogP contribution is 2.32. The Morgan fingerprint density at radius 3 is 2.67 bits per heavy atom. The van der Waals surface area contributed by atoms with Crippen LogP contribution >= 0.6 is 0 Å². The fraction of sp³-hybridized carbons (Fsp3) is 0.267. The number of nitrogens with zero attached hydrogens (tertiary/aromatic N) is 4. The maximum atomic E-state index is 13.0. The number of alkyl halides is 3. The lowest BCUT2D eigenvalue weighted by Crippen LogP contribution is -2.25. The van der Waals surface area contributed by atoms with Crippen LogP contribution in [0.15, 0.2) is 41.6 Å². The van der Waals surface area contributed by atoms with Crippen molar-refractivity contribution in [3.63, 3.8) is 0 Å². The van der Waals surface area contributed by atoms with Crippen molar-refractivity contribution in [1.29, 1.82) is 0 Å². The lowest BCUT2D eigenvalue weighted by molar-refractivity contribution is -0.136. The van der Waals surface area contributed by atoms with Crippen LogP contribution in [0.5, 0.6) is 0 Å². The van der Waals surface area contributed by atoms with Gasteiger partial charge in [-0.05, 0) is 18.2 Å². The number of aryl methyl sites for hydroxylation is 1. The highest BCUT2D eigenvalue weighted by Gasteiger charge is 2.33. The van der Waals surface area contributed by atoms with E-state index in [2.05, 4.69) is 10.1 Å². The van der Waals surface area contributed by atoms with Gasteiger partial charge < -0.3 is 5.11 Å². The first kappa shape index (κ1) is 16.2. The first-order valence-corrected chi connectivity index (χ1v) is 7.00. The molecule has 0 fully saturated rings. The number of para-hydroxylation sites is 1. The van der Waals surface area contributed by atoms with Gasteiger partial charge in [0.25, 0.3) is 5.56 Å². The summed E-state index contributed by atoms with van der Waals surface area (Å²) in [5.74, 6) is 0. The molecule has 0 bridgehead atoms. The average molecular weight is 338 g/mol. The van der Waals surface area contributed by atoms with Crippen LogP contribution < -0.4 is 5.56 Å². The molecule has 2 aromatic heterocycles. The van der Waals surface area contributed by atoms with Gasteiger partial charge >= 0.3 is 6.18 Å². The number of hydrogen-bond acceptors (Lipinski definition) is 4. The summed E-state index contributed by atoms with van der Waals surface area (Å²) in [6, 6.07) is 4.92. The molecule has 1 atom stereocenters. The molecule has 0 aliphatic heterocycles. The number of fused-ring (bicyclic) bond motifs is 1. The van der Waals surface area contributed by atoms with Crippen molar-refractivity contribution in [3.8, 4) is 0 Å². The fourth-order valence-electron chi connectivity index (χ4n) is 2.54. The molecule has 6 nitrogen and oxygen atoms in total. The van der Waals surface area contributed by atoms with E-state index in [9.17, 15) is 23.1 Å². The molecule has 0 radical (unpaired) electrons. The molecule has 3 aromatic rings. The van der Waals surface area contributed by atoms with Gasteiger partial charge in [-0.1, -0.05) is 6.07 Å². The van der Waals surface area contributed by atoms with Crippen LogP contribution in [0.3, 0.4) is 0 Å². The lowest BCUT2D eigenvalue weighted by atomic mass is 10.1. The standard InChI is InChI=1S/C15H13F3N4O2/c1-21-11(5-6-20-21)12(23)7-22-8-19-13-9(14(22)24)3-2-4-10(13)15(16,17)18/h2-6,8,12,23H,7H2,1H3. The Hall–Kier alpha value is -2.68. The number of hydrogen-bond donors (Lipinski definition) is 1. The zero-order chi connectivity index (χ0) is 17.5. The number of benzene rings is 1. The predicted molar refractivity (Wildman–Crippen MR) is 79.2 cm³/mol. The molecular formula is C15H13F3N4O2. The van der Waals surface area contributed by atoms with E-state index in [4.69, 9.17) is 0 Å². The van der Waals surface area contributed by atoms with E-state index in [0.29, 0.717) is 5.69 Å². The summed E-state index contributed by atoms with van der Waals surface area (Å²) in [6.07, 6.45) is -3.13. The molecule has 0 aliphatic carbocycles. The molecule has 1 unspecified atom stereocenters. The molecule has 126 valence electrons. The van der Waals surface area contributed by atoms with Crippen molar-refractivity contribution < 1.29 is 18.3 Å². The minimum absolute atomic E-state index is 0.141. The van der Waals surface area contributed by atoms with E-state index in [-0.39, 0.29) is 11.9 Å². The predicted octanol–water partition coefficient (Wildman–Crippen LogP) is 1.88. The molecule has 0 aliphatic rings. The molecule has 0 saturated carbocycles. The first-order valence-electron chi connectivity index (χ1n) is 7.00. The Balaban J connectivity index is 2.04. The molecule has 24 heavy (non-hydrogen) atoms. The summed E-state index contributed by atoms with van der Waals surface area (Å²) in [4.78, 5) is 16.2. The van der Waals surface area contributed by atoms with Crippen molar-refractivity contribution in [2.24, 2.45) is 7.05 Å². The fourth-order valence-corrected chi connectivity index (χ4v) is 2.54. The first-order chi connectivity index (χ1) is 11.3. The Morgan fingerprint density at radius 2 is 2.04 bits per heavy atom. The van der Waals surface area contributed by atoms with Crippen LogP contribution in [0, 0.1) is 0 Å². The SMILES string of the molecule is Cn1nccc1C(O)Cn1cnc2c(C(F)(F)F)cccc2c1=O. The maximum absolute atomic E-state index is 13.0. The summed E-state index contributed by atoms with van der Waals surface area (Å²) in [5.41, 5.74) is -1.53. The zero-order valence-electron chi connectivity index (χ0n) is 12.5. The van der Waals surface area contributed by atoms with Gasteiger partial charge in [-0.25, -0.2) is 4.98 Å². The van der Waals surface area contributed by atoms with Crippen molar-refractivity contribution in [3.05, 3.63) is 58.4 Å². The van der Waals surface area contributed by atoms with Gasteiger partial charge in [-0.2, -0.15) is 18.3 Å². The molecule has 1 aromatic carbocycles. The normalized spacial score (nSPS) is 13.4. The van der Waals surface area contributed by atoms with Crippen molar-refractivity contribution >= 4 is 10.9 Å². The molecule has 2 heterocycles. The van der Waals surface area contributed by atoms with Crippen LogP contribution in [0.2, 0.25) is 0 Å². The number of aromatic nitrogens is 4. The average Bonchev–Trinajstić information content (AvgIpc) is 2.95. The largest absolute Gasteiger partial charge is 0.418 e. The van der Waals surface area contributed by atoms with Gasteiger partial charge in [0, 0.05) is 13.2 Å². The van der Waals surface area contributed by atoms with Gasteiger partial charge in [0.05, 0.1) is 35.0 Å². The van der Waals surface area contributed by atoms with E-state index >= 15 is 0 Å². The van der Waals surface area contributed by atoms with E-state index < -0.39 is 28.9 Å². The summed E-state index contributed by atoms with van der Waals surface area (Å²) < 4.78 is 41.5. The quantitative estimate of drug-likeness (QED) is 0.791. The Labute approximate surface area is 133 Å². The minimum Gasteiger partial charge on any atom is -0.385 e. The third-order valence-corrected chi connectivity index (χ3v) is 3.73. The van der Waals surface area contributed by atoms with Crippen molar-refractivity contribution in [2.45, 2.75) is 18.8 Å². The van der Waals surface area contributed by atoms with Crippen LogP contribution in [-0.4, -0.2) is 24.4 Å². The lowest BCUT2D eigenvalue weighted by Gasteiger charge is -2.14. The van der Waals surface area contributed by atoms with Gasteiger partial charge in [0.15, 0.2) is 0 Å². The number of rotatable bonds is 3. The van der Waals surface area contributed by atoms with Gasteiger partial charge in [-0.15, -0.1) is 0 Å². The maximum Gasteiger partial charge on any atom is 0.418 e. The third-order valence-electron chi connectivity index (χ3n) is 3.73. The van der Waals surface area contributed by atoms with Crippen molar-refractivity contribution in [1.82, 2.24) is 19.3 Å². The van der Waals surface area contributed by atoms with Crippen LogP contribution in [0.4, 0.5) is 13.2 Å². The topological polar surface area (TPSA) is 72.9 Å². The highest BCUT2D eigenvalue weighted by atomic mass is 19.4. The van der Waals surface area contributed by atoms with Crippen LogP contribution in [-0.2, 0) is 19.8 Å². The third kappa shape index (κ3) is 2.78. The zero-order valence-corrected chi connectivity index (χ0v) is 12.5. The van der Waals surface area contributed by atoms with Gasteiger partial charge in [0.2, 0.25) is 0 Å². The van der Waals surface area contributed by atoms with E-state index in [1.165, 1.54) is 16.9 Å². The second-order valence-corrected chi connectivity index (χ2v) is 5.30. The number of aliphatic hydroxyl groups is 1. The van der Waals surface area contributed by atoms with E-state index in [1.807, 2.05) is 0 Å². The Bertz CT molecular complexity index is 946. The molecule has 0 saturated heterocycles. The summed E-state index contributed by atoms with van der Waals surface area (Å²) in [7, 11) is 1.63. The van der Waals surface area contributed by atoms with Crippen molar-refractivity contribution in [2.75, 3.05) is 0 Å². The molecule has 0 spiro atoms. The van der Waals surface area contributed by atoms with Crippen LogP contribution in [0.1, 0.15) is 17.4 Å². The molecule has 0 amide bonds. The van der Waals surface area contributed by atoms with Gasteiger partial charge in [0.1, 0.15) is 6.10 Å². The smallest absolute Gasteiger partial charge is 0.385 e. The molecule has 3 rings (SSSR count). The number of halogens is 3. The highest BCUT2D eigenvalue weighted by molar-refractivity contribution is 5.81. The Morgan fingerprint density at radius 1 is 1.29 bits per heavy atom. The molecule has 1 N–H and O–H groups in total. The molecular weight excluding hydrogens is 325 g/mol. The molecule has 9 heteroatoms. The Kier molecular flexibility index (Phi) is 3.88. The number of aliphatic hydroxyl groups excluding tert-OH is 1. The summed E-state index contributed by atoms with van der Waals surface area (Å²) in [5, 5.41) is 14.0. The summed E-state index contributed by atoms with van der Waals surface area (Å²) in [6.45, 7) is -0.141. The van der Waals surface area contributed by atoms with Gasteiger partial charge in [-0.3, -0.25) is 14.0 Å². The van der Waals surface area contributed by atoms with Crippen LogP contribution in [0.25, 0.3) is 10.9 Å². The second-order valence-electron chi connectivity index (χ2n) is 5.30. The summed E-state index contributed by atoms with van der Waals surface area (Å²) >= 11 is 0.